The van der Waals surface area contributed by atoms with Crippen molar-refractivity contribution in [1.29, 1.82) is 0 Å². The number of carbonyl (C=O) groups excluding carboxylic acids is 1. The van der Waals surface area contributed by atoms with Gasteiger partial charge in [-0.25, -0.2) is 0 Å². The molecule has 1 aliphatic rings. The van der Waals surface area contributed by atoms with Crippen molar-refractivity contribution < 1.29 is 23.0 Å². The number of benzene rings is 1. The first-order valence-corrected chi connectivity index (χ1v) is 7.45. The third-order valence-electron chi connectivity index (χ3n) is 3.38. The first-order valence-electron chi connectivity index (χ1n) is 7.45. The number of nitrogens with one attached hydrogen (secondary N) is 1. The van der Waals surface area contributed by atoms with Crippen LogP contribution in [-0.4, -0.2) is 56.8 Å². The smallest absolute Gasteiger partial charge is 0.387 e. The number of ether oxygens (including phenoxy) is 2. The average Bonchev–Trinajstić information content (AvgIpc) is 2.54. The van der Waals surface area contributed by atoms with Gasteiger partial charge in [0.15, 0.2) is 0 Å². The van der Waals surface area contributed by atoms with E-state index in [0.29, 0.717) is 12.1 Å². The van der Waals surface area contributed by atoms with Gasteiger partial charge in [0.25, 0.3) is 0 Å². The fourth-order valence-corrected chi connectivity index (χ4v) is 2.21. The van der Waals surface area contributed by atoms with Crippen LogP contribution in [0, 0.1) is 0 Å². The fraction of sp³-hybridized carbons (Fsp3) is 0.438. The van der Waals surface area contributed by atoms with E-state index < -0.39 is 6.61 Å². The molecule has 126 valence electrons. The summed E-state index contributed by atoms with van der Waals surface area (Å²) in [4.78, 5) is 14.0. The molecule has 1 aliphatic heterocycles. The highest BCUT2D eigenvalue weighted by atomic mass is 19.3. The molecule has 7 heteroatoms. The highest BCUT2D eigenvalue weighted by Gasteiger charge is 2.10. The Bertz CT molecular complexity index is 532. The summed E-state index contributed by atoms with van der Waals surface area (Å²) in [7, 11) is 0. The van der Waals surface area contributed by atoms with Crippen LogP contribution in [0.4, 0.5) is 8.78 Å². The summed E-state index contributed by atoms with van der Waals surface area (Å²) in [5.41, 5.74) is 0.427. The van der Waals surface area contributed by atoms with Crippen LogP contribution in [0.2, 0.25) is 0 Å². The van der Waals surface area contributed by atoms with Crippen LogP contribution in [0.3, 0.4) is 0 Å². The molecule has 0 spiro atoms. The lowest BCUT2D eigenvalue weighted by Crippen LogP contribution is -2.41. The van der Waals surface area contributed by atoms with Crippen LogP contribution in [-0.2, 0) is 9.53 Å². The molecule has 0 bridgehead atoms. The molecular weight excluding hydrogens is 306 g/mol. The molecule has 1 N–H and O–H groups in total. The third-order valence-corrected chi connectivity index (χ3v) is 3.38. The zero-order chi connectivity index (χ0) is 16.5. The summed E-state index contributed by atoms with van der Waals surface area (Å²) in [5, 5.41) is 2.76. The Hall–Kier alpha value is -1.99. The summed E-state index contributed by atoms with van der Waals surface area (Å²) in [6.07, 6.45) is 2.77. The second kappa shape index (κ2) is 9.22. The Kier molecular flexibility index (Phi) is 6.96. The Morgan fingerprint density at radius 3 is 2.83 bits per heavy atom. The van der Waals surface area contributed by atoms with Gasteiger partial charge in [0.05, 0.1) is 13.2 Å². The lowest BCUT2D eigenvalue weighted by molar-refractivity contribution is -0.116. The van der Waals surface area contributed by atoms with Gasteiger partial charge in [-0.1, -0.05) is 18.2 Å². The number of nitrogens with zero attached hydrogens (tertiary/aromatic N) is 1. The maximum absolute atomic E-state index is 12.3. The van der Waals surface area contributed by atoms with Crippen LogP contribution < -0.4 is 10.1 Å². The van der Waals surface area contributed by atoms with Crippen molar-refractivity contribution in [2.45, 2.75) is 6.61 Å². The van der Waals surface area contributed by atoms with Gasteiger partial charge in [0, 0.05) is 37.8 Å². The first-order chi connectivity index (χ1) is 11.1. The van der Waals surface area contributed by atoms with E-state index in [9.17, 15) is 13.6 Å². The van der Waals surface area contributed by atoms with Crippen molar-refractivity contribution in [3.05, 3.63) is 35.9 Å². The molecule has 0 atom stereocenters. The summed E-state index contributed by atoms with van der Waals surface area (Å²) in [6.45, 7) is 1.55. The van der Waals surface area contributed by atoms with Gasteiger partial charge in [0.1, 0.15) is 5.75 Å². The largest absolute Gasteiger partial charge is 0.434 e. The van der Waals surface area contributed by atoms with Crippen molar-refractivity contribution in [3.8, 4) is 5.75 Å². The molecule has 23 heavy (non-hydrogen) atoms. The molecule has 0 saturated carbocycles. The molecule has 1 aromatic carbocycles. The van der Waals surface area contributed by atoms with E-state index in [2.05, 4.69) is 15.0 Å². The molecule has 0 radical (unpaired) electrons. The molecule has 5 nitrogen and oxygen atoms in total. The molecule has 1 amide bonds. The van der Waals surface area contributed by atoms with E-state index in [1.165, 1.54) is 18.2 Å². The maximum atomic E-state index is 12.3. The van der Waals surface area contributed by atoms with Crippen LogP contribution in [0.1, 0.15) is 5.56 Å². The maximum Gasteiger partial charge on any atom is 0.387 e. The van der Waals surface area contributed by atoms with Crippen molar-refractivity contribution in [2.24, 2.45) is 0 Å². The minimum atomic E-state index is -2.90. The number of hydrogen-bond acceptors (Lipinski definition) is 4. The SMILES string of the molecule is O=C(/C=C/c1ccccc1OC(F)F)NCCN1CCOCC1. The molecular formula is C16H20F2N2O3. The van der Waals surface area contributed by atoms with Gasteiger partial charge in [-0.3, -0.25) is 9.69 Å². The number of amides is 1. The second-order valence-corrected chi connectivity index (χ2v) is 4.99. The minimum Gasteiger partial charge on any atom is -0.434 e. The van der Waals surface area contributed by atoms with Gasteiger partial charge in [-0.15, -0.1) is 0 Å². The number of morpholine rings is 1. The van der Waals surface area contributed by atoms with Crippen LogP contribution in [0.5, 0.6) is 5.75 Å². The van der Waals surface area contributed by atoms with Crippen LogP contribution >= 0.6 is 0 Å². The Morgan fingerprint density at radius 2 is 2.09 bits per heavy atom. The highest BCUT2D eigenvalue weighted by Crippen LogP contribution is 2.21. The van der Waals surface area contributed by atoms with Gasteiger partial charge in [-0.05, 0) is 12.1 Å². The van der Waals surface area contributed by atoms with Gasteiger partial charge in [-0.2, -0.15) is 8.78 Å². The molecule has 1 fully saturated rings. The third kappa shape index (κ3) is 6.33. The van der Waals surface area contributed by atoms with Crippen molar-refractivity contribution in [1.82, 2.24) is 10.2 Å². The van der Waals surface area contributed by atoms with Crippen molar-refractivity contribution >= 4 is 12.0 Å². The van der Waals surface area contributed by atoms with Gasteiger partial charge >= 0.3 is 6.61 Å². The van der Waals surface area contributed by atoms with Gasteiger partial charge < -0.3 is 14.8 Å². The molecule has 2 rings (SSSR count). The van der Waals surface area contributed by atoms with Crippen molar-refractivity contribution in [2.75, 3.05) is 39.4 Å². The molecule has 0 aliphatic carbocycles. The minimum absolute atomic E-state index is 0.0415. The highest BCUT2D eigenvalue weighted by molar-refractivity contribution is 5.92. The van der Waals surface area contributed by atoms with E-state index in [4.69, 9.17) is 4.74 Å². The average molecular weight is 326 g/mol. The topological polar surface area (TPSA) is 50.8 Å². The summed E-state index contributed by atoms with van der Waals surface area (Å²) in [6, 6.07) is 6.32. The molecule has 0 aromatic heterocycles. The first kappa shape index (κ1) is 17.4. The van der Waals surface area contributed by atoms with E-state index in [0.717, 1.165) is 32.8 Å². The summed E-state index contributed by atoms with van der Waals surface area (Å²) >= 11 is 0. The van der Waals surface area contributed by atoms with E-state index >= 15 is 0 Å². The normalized spacial score (nSPS) is 16.0. The quantitative estimate of drug-likeness (QED) is 0.776. The number of hydrogen-bond donors (Lipinski definition) is 1. The summed E-state index contributed by atoms with van der Waals surface area (Å²) < 4.78 is 34.3. The Morgan fingerprint density at radius 1 is 1.35 bits per heavy atom. The number of rotatable bonds is 7. The predicted molar refractivity (Wildman–Crippen MR) is 82.4 cm³/mol. The summed E-state index contributed by atoms with van der Waals surface area (Å²) in [5.74, 6) is -0.232. The standard InChI is InChI=1S/C16H20F2N2O3/c17-16(18)23-14-4-2-1-3-13(14)5-6-15(21)19-7-8-20-9-11-22-12-10-20/h1-6,16H,7-12H2,(H,19,21)/b6-5+. The lowest BCUT2D eigenvalue weighted by Gasteiger charge is -2.26. The monoisotopic (exact) mass is 326 g/mol. The van der Waals surface area contributed by atoms with E-state index in [-0.39, 0.29) is 11.7 Å². The van der Waals surface area contributed by atoms with Crippen LogP contribution in [0.15, 0.2) is 30.3 Å². The number of carbonyl (C=O) groups is 1. The fourth-order valence-electron chi connectivity index (χ4n) is 2.21. The lowest BCUT2D eigenvalue weighted by atomic mass is 10.2. The second-order valence-electron chi connectivity index (χ2n) is 4.99. The van der Waals surface area contributed by atoms with E-state index in [1.54, 1.807) is 18.2 Å². The molecule has 0 unspecified atom stereocenters. The number of alkyl halides is 2. The van der Waals surface area contributed by atoms with Crippen molar-refractivity contribution in [3.63, 3.8) is 0 Å². The van der Waals surface area contributed by atoms with Gasteiger partial charge in [0.2, 0.25) is 5.91 Å². The Labute approximate surface area is 133 Å². The number of para-hydroxylation sites is 1. The number of halogens is 2. The predicted octanol–water partition coefficient (Wildman–Crippen LogP) is 1.75. The molecule has 1 aromatic rings. The van der Waals surface area contributed by atoms with Crippen LogP contribution in [0.25, 0.3) is 6.08 Å². The molecule has 1 saturated heterocycles. The molecule has 1 heterocycles. The zero-order valence-electron chi connectivity index (χ0n) is 12.7. The van der Waals surface area contributed by atoms with E-state index in [1.807, 2.05) is 0 Å². The zero-order valence-corrected chi connectivity index (χ0v) is 12.7. The Balaban J connectivity index is 1.79.